The fourth-order valence-corrected chi connectivity index (χ4v) is 2.08. The summed E-state index contributed by atoms with van der Waals surface area (Å²) >= 11 is 0. The Balaban J connectivity index is 2.09. The van der Waals surface area contributed by atoms with Crippen LogP contribution in [0.2, 0.25) is 0 Å². The zero-order valence-corrected chi connectivity index (χ0v) is 11.5. The third kappa shape index (κ3) is 3.44. The minimum Gasteiger partial charge on any atom is -0.379 e. The second-order valence-electron chi connectivity index (χ2n) is 5.14. The van der Waals surface area contributed by atoms with Crippen LogP contribution in [-0.4, -0.2) is 36.2 Å². The number of anilines is 1. The first-order valence-corrected chi connectivity index (χ1v) is 6.74. The van der Waals surface area contributed by atoms with Crippen LogP contribution in [0.3, 0.4) is 0 Å². The highest BCUT2D eigenvalue weighted by molar-refractivity contribution is 5.99. The molecule has 1 amide bonds. The number of amides is 1. The molecule has 104 valence electrons. The average molecular weight is 263 g/mol. The number of aromatic nitrogens is 1. The van der Waals surface area contributed by atoms with Crippen molar-refractivity contribution in [2.75, 3.05) is 25.1 Å². The van der Waals surface area contributed by atoms with Crippen molar-refractivity contribution in [3.05, 3.63) is 23.9 Å². The predicted octanol–water partition coefficient (Wildman–Crippen LogP) is 1.81. The zero-order valence-electron chi connectivity index (χ0n) is 11.5. The smallest absolute Gasteiger partial charge is 0.255 e. The van der Waals surface area contributed by atoms with E-state index >= 15 is 0 Å². The lowest BCUT2D eigenvalue weighted by Crippen LogP contribution is -2.46. The molecule has 1 fully saturated rings. The molecule has 1 aliphatic rings. The van der Waals surface area contributed by atoms with E-state index in [0.717, 1.165) is 19.4 Å². The summed E-state index contributed by atoms with van der Waals surface area (Å²) < 4.78 is 5.35. The van der Waals surface area contributed by atoms with Gasteiger partial charge in [-0.25, -0.2) is 4.98 Å². The Morgan fingerprint density at radius 2 is 2.42 bits per heavy atom. The van der Waals surface area contributed by atoms with Crippen LogP contribution in [0, 0.1) is 0 Å². The molecule has 1 aromatic heterocycles. The lowest BCUT2D eigenvalue weighted by atomic mass is 10.0. The quantitative estimate of drug-likeness (QED) is 0.850. The first-order valence-electron chi connectivity index (χ1n) is 6.74. The van der Waals surface area contributed by atoms with Gasteiger partial charge in [0.15, 0.2) is 0 Å². The topological polar surface area (TPSA) is 63.2 Å². The normalized spacial score (nSPS) is 22.2. The summed E-state index contributed by atoms with van der Waals surface area (Å²) in [6.45, 7) is 6.15. The number of carbonyl (C=O) groups is 1. The van der Waals surface area contributed by atoms with E-state index in [9.17, 15) is 4.79 Å². The van der Waals surface area contributed by atoms with Gasteiger partial charge in [0.05, 0.1) is 17.7 Å². The van der Waals surface area contributed by atoms with Crippen molar-refractivity contribution in [2.45, 2.75) is 32.2 Å². The lowest BCUT2D eigenvalue weighted by molar-refractivity contribution is 0.0890. The van der Waals surface area contributed by atoms with E-state index in [-0.39, 0.29) is 11.4 Å². The minimum atomic E-state index is -0.269. The second kappa shape index (κ2) is 6.02. The fourth-order valence-electron chi connectivity index (χ4n) is 2.08. The van der Waals surface area contributed by atoms with Gasteiger partial charge in [0.1, 0.15) is 5.82 Å². The van der Waals surface area contributed by atoms with Gasteiger partial charge in [0.25, 0.3) is 5.91 Å². The van der Waals surface area contributed by atoms with Crippen molar-refractivity contribution in [1.29, 1.82) is 0 Å². The summed E-state index contributed by atoms with van der Waals surface area (Å²) in [6, 6.07) is 3.57. The second-order valence-corrected chi connectivity index (χ2v) is 5.14. The Bertz CT molecular complexity index is 442. The van der Waals surface area contributed by atoms with Crippen LogP contribution in [0.4, 0.5) is 5.82 Å². The molecule has 1 unspecified atom stereocenters. The van der Waals surface area contributed by atoms with Gasteiger partial charge in [-0.15, -0.1) is 0 Å². The number of nitrogens with zero attached hydrogens (tertiary/aromatic N) is 1. The first kappa shape index (κ1) is 13.8. The van der Waals surface area contributed by atoms with Crippen LogP contribution in [0.5, 0.6) is 0 Å². The maximum absolute atomic E-state index is 12.3. The molecule has 2 rings (SSSR count). The van der Waals surface area contributed by atoms with E-state index in [2.05, 4.69) is 22.5 Å². The van der Waals surface area contributed by atoms with Crippen LogP contribution >= 0.6 is 0 Å². The number of pyridine rings is 1. The van der Waals surface area contributed by atoms with Gasteiger partial charge in [0.2, 0.25) is 0 Å². The van der Waals surface area contributed by atoms with Gasteiger partial charge >= 0.3 is 0 Å². The van der Waals surface area contributed by atoms with Crippen LogP contribution in [0.15, 0.2) is 18.3 Å². The van der Waals surface area contributed by atoms with Crippen LogP contribution in [0.25, 0.3) is 0 Å². The maximum atomic E-state index is 12.3. The molecule has 0 aliphatic carbocycles. The van der Waals surface area contributed by atoms with E-state index in [0.29, 0.717) is 24.6 Å². The van der Waals surface area contributed by atoms with E-state index in [1.165, 1.54) is 0 Å². The number of hydrogen-bond acceptors (Lipinski definition) is 4. The van der Waals surface area contributed by atoms with Gasteiger partial charge in [-0.1, -0.05) is 6.92 Å². The summed E-state index contributed by atoms with van der Waals surface area (Å²) in [7, 11) is 0. The molecule has 5 nitrogen and oxygen atoms in total. The number of ether oxygens (including phenoxy) is 1. The predicted molar refractivity (Wildman–Crippen MR) is 74.3 cm³/mol. The third-order valence-electron chi connectivity index (χ3n) is 3.23. The van der Waals surface area contributed by atoms with Gasteiger partial charge in [-0.05, 0) is 31.9 Å². The number of hydrogen-bond donors (Lipinski definition) is 2. The molecule has 5 heteroatoms. The Morgan fingerprint density at radius 1 is 1.58 bits per heavy atom. The summed E-state index contributed by atoms with van der Waals surface area (Å²) in [5, 5.41) is 6.22. The van der Waals surface area contributed by atoms with Gasteiger partial charge in [0, 0.05) is 19.3 Å². The molecule has 0 saturated carbocycles. The fraction of sp³-hybridized carbons (Fsp3) is 0.571. The molecule has 1 aliphatic heterocycles. The Hall–Kier alpha value is -1.62. The molecule has 0 spiro atoms. The van der Waals surface area contributed by atoms with Gasteiger partial charge < -0.3 is 15.4 Å². The average Bonchev–Trinajstić information content (AvgIpc) is 2.83. The van der Waals surface area contributed by atoms with Crippen molar-refractivity contribution >= 4 is 11.7 Å². The molecular weight excluding hydrogens is 242 g/mol. The summed E-state index contributed by atoms with van der Waals surface area (Å²) in [5.74, 6) is 0.545. The molecule has 19 heavy (non-hydrogen) atoms. The van der Waals surface area contributed by atoms with Crippen molar-refractivity contribution in [3.8, 4) is 0 Å². The van der Waals surface area contributed by atoms with Gasteiger partial charge in [-0.3, -0.25) is 4.79 Å². The molecule has 0 aromatic carbocycles. The van der Waals surface area contributed by atoms with Crippen molar-refractivity contribution in [2.24, 2.45) is 0 Å². The Morgan fingerprint density at radius 3 is 3.11 bits per heavy atom. The minimum absolute atomic E-state index is 0.0975. The number of carbonyl (C=O) groups excluding carboxylic acids is 1. The lowest BCUT2D eigenvalue weighted by Gasteiger charge is -2.24. The Labute approximate surface area is 113 Å². The molecular formula is C14H21N3O2. The summed E-state index contributed by atoms with van der Waals surface area (Å²) in [5.41, 5.74) is 0.318. The number of nitrogens with one attached hydrogen (secondary N) is 2. The van der Waals surface area contributed by atoms with Gasteiger partial charge in [-0.2, -0.15) is 0 Å². The largest absolute Gasteiger partial charge is 0.379 e. The van der Waals surface area contributed by atoms with Crippen molar-refractivity contribution in [3.63, 3.8) is 0 Å². The summed E-state index contributed by atoms with van der Waals surface area (Å²) in [4.78, 5) is 16.6. The Kier molecular flexibility index (Phi) is 4.37. The SMILES string of the molecule is CCCNc1ncccc1C(=O)NC1(C)CCOC1. The van der Waals surface area contributed by atoms with Crippen molar-refractivity contribution in [1.82, 2.24) is 10.3 Å². The van der Waals surface area contributed by atoms with E-state index in [1.807, 2.05) is 6.92 Å². The van der Waals surface area contributed by atoms with E-state index < -0.39 is 0 Å². The monoisotopic (exact) mass is 263 g/mol. The highest BCUT2D eigenvalue weighted by Gasteiger charge is 2.32. The first-order chi connectivity index (χ1) is 9.14. The van der Waals surface area contributed by atoms with Crippen LogP contribution in [-0.2, 0) is 4.74 Å². The van der Waals surface area contributed by atoms with Crippen molar-refractivity contribution < 1.29 is 9.53 Å². The molecule has 2 heterocycles. The van der Waals surface area contributed by atoms with Crippen LogP contribution in [0.1, 0.15) is 37.0 Å². The standard InChI is InChI=1S/C14H21N3O2/c1-3-7-15-12-11(5-4-8-16-12)13(18)17-14(2)6-9-19-10-14/h4-5,8H,3,6-7,9-10H2,1-2H3,(H,15,16)(H,17,18). The van der Waals surface area contributed by atoms with Crippen LogP contribution < -0.4 is 10.6 Å². The highest BCUT2D eigenvalue weighted by Crippen LogP contribution is 2.19. The maximum Gasteiger partial charge on any atom is 0.255 e. The molecule has 0 bridgehead atoms. The highest BCUT2D eigenvalue weighted by atomic mass is 16.5. The van der Waals surface area contributed by atoms with E-state index in [4.69, 9.17) is 4.74 Å². The summed E-state index contributed by atoms with van der Waals surface area (Å²) in [6.07, 6.45) is 3.52. The molecule has 1 saturated heterocycles. The zero-order chi connectivity index (χ0) is 13.7. The third-order valence-corrected chi connectivity index (χ3v) is 3.23. The molecule has 2 N–H and O–H groups in total. The molecule has 1 aromatic rings. The number of rotatable bonds is 5. The molecule has 0 radical (unpaired) electrons. The van der Waals surface area contributed by atoms with E-state index in [1.54, 1.807) is 18.3 Å². The molecule has 1 atom stereocenters.